The Morgan fingerprint density at radius 1 is 0.947 bits per heavy atom. The van der Waals surface area contributed by atoms with E-state index in [0.717, 1.165) is 19.8 Å². The molecule has 0 amide bonds. The SMILES string of the molecule is Brc1cncc(Oc2ncnc3ccc(Br)cc23)c1. The standard InChI is InChI=1S/C13H7Br2N3O/c14-8-1-2-12-11(4-8)13(18-7-17-12)19-10-3-9(15)5-16-6-10/h1-7H. The molecule has 0 aliphatic carbocycles. The molecule has 0 aliphatic heterocycles. The van der Waals surface area contributed by atoms with Gasteiger partial charge in [-0.1, -0.05) is 15.9 Å². The van der Waals surface area contributed by atoms with Crippen molar-refractivity contribution >= 4 is 42.8 Å². The molecule has 3 rings (SSSR count). The van der Waals surface area contributed by atoms with Crippen molar-refractivity contribution in [2.24, 2.45) is 0 Å². The maximum atomic E-state index is 5.76. The van der Waals surface area contributed by atoms with E-state index in [4.69, 9.17) is 4.74 Å². The first-order valence-corrected chi connectivity index (χ1v) is 6.99. The average Bonchev–Trinajstić information content (AvgIpc) is 2.39. The molecular formula is C13H7Br2N3O. The number of pyridine rings is 1. The summed E-state index contributed by atoms with van der Waals surface area (Å²) in [5.74, 6) is 1.13. The van der Waals surface area contributed by atoms with Crippen molar-refractivity contribution in [2.75, 3.05) is 0 Å². The molecule has 0 fully saturated rings. The van der Waals surface area contributed by atoms with E-state index in [9.17, 15) is 0 Å². The molecule has 0 radical (unpaired) electrons. The lowest BCUT2D eigenvalue weighted by Crippen LogP contribution is -1.92. The molecule has 2 heterocycles. The summed E-state index contributed by atoms with van der Waals surface area (Å²) in [5.41, 5.74) is 0.830. The number of ether oxygens (including phenoxy) is 1. The number of hydrogen-bond donors (Lipinski definition) is 0. The Morgan fingerprint density at radius 3 is 2.68 bits per heavy atom. The molecule has 4 nitrogen and oxygen atoms in total. The average molecular weight is 381 g/mol. The zero-order valence-electron chi connectivity index (χ0n) is 9.55. The van der Waals surface area contributed by atoms with Crippen LogP contribution in [-0.4, -0.2) is 15.0 Å². The van der Waals surface area contributed by atoms with Gasteiger partial charge in [-0.05, 0) is 40.2 Å². The minimum atomic E-state index is 0.506. The number of nitrogens with zero attached hydrogens (tertiary/aromatic N) is 3. The van der Waals surface area contributed by atoms with E-state index in [-0.39, 0.29) is 0 Å². The van der Waals surface area contributed by atoms with Crippen LogP contribution in [0.3, 0.4) is 0 Å². The molecule has 0 unspecified atom stereocenters. The number of halogens is 2. The molecule has 0 saturated heterocycles. The van der Waals surface area contributed by atoms with E-state index in [1.165, 1.54) is 6.33 Å². The highest BCUT2D eigenvalue weighted by Gasteiger charge is 2.07. The van der Waals surface area contributed by atoms with Crippen molar-refractivity contribution in [2.45, 2.75) is 0 Å². The molecule has 0 spiro atoms. The van der Waals surface area contributed by atoms with E-state index in [2.05, 4.69) is 46.8 Å². The Balaban J connectivity index is 2.07. The van der Waals surface area contributed by atoms with Gasteiger partial charge in [-0.3, -0.25) is 4.98 Å². The van der Waals surface area contributed by atoms with Crippen LogP contribution in [0, 0.1) is 0 Å². The van der Waals surface area contributed by atoms with Crippen LogP contribution in [0.25, 0.3) is 10.9 Å². The largest absolute Gasteiger partial charge is 0.437 e. The summed E-state index contributed by atoms with van der Waals surface area (Å²) in [6.45, 7) is 0. The zero-order chi connectivity index (χ0) is 13.2. The van der Waals surface area contributed by atoms with Gasteiger partial charge in [-0.15, -0.1) is 0 Å². The monoisotopic (exact) mass is 379 g/mol. The van der Waals surface area contributed by atoms with Crippen molar-refractivity contribution in [1.82, 2.24) is 15.0 Å². The highest BCUT2D eigenvalue weighted by atomic mass is 79.9. The van der Waals surface area contributed by atoms with Gasteiger partial charge in [0.2, 0.25) is 5.88 Å². The minimum Gasteiger partial charge on any atom is -0.437 e. The molecule has 0 atom stereocenters. The van der Waals surface area contributed by atoms with Gasteiger partial charge in [0.25, 0.3) is 0 Å². The quantitative estimate of drug-likeness (QED) is 0.663. The van der Waals surface area contributed by atoms with E-state index < -0.39 is 0 Å². The lowest BCUT2D eigenvalue weighted by molar-refractivity contribution is 0.465. The maximum absolute atomic E-state index is 5.76. The van der Waals surface area contributed by atoms with Crippen LogP contribution in [0.4, 0.5) is 0 Å². The lowest BCUT2D eigenvalue weighted by Gasteiger charge is -2.07. The van der Waals surface area contributed by atoms with E-state index in [1.807, 2.05) is 24.3 Å². The number of fused-ring (bicyclic) bond motifs is 1. The van der Waals surface area contributed by atoms with Gasteiger partial charge in [0.05, 0.1) is 17.1 Å². The second kappa shape index (κ2) is 5.22. The third kappa shape index (κ3) is 2.74. The third-order valence-corrected chi connectivity index (χ3v) is 3.38. The van der Waals surface area contributed by atoms with Gasteiger partial charge >= 0.3 is 0 Å². The fourth-order valence-electron chi connectivity index (χ4n) is 1.65. The Kier molecular flexibility index (Phi) is 3.44. The highest BCUT2D eigenvalue weighted by molar-refractivity contribution is 9.10. The van der Waals surface area contributed by atoms with Crippen LogP contribution in [0.1, 0.15) is 0 Å². The predicted molar refractivity (Wildman–Crippen MR) is 79.2 cm³/mol. The van der Waals surface area contributed by atoms with Crippen LogP contribution in [-0.2, 0) is 0 Å². The summed E-state index contributed by atoms with van der Waals surface area (Å²) in [4.78, 5) is 12.4. The molecule has 0 aliphatic rings. The van der Waals surface area contributed by atoms with E-state index in [0.29, 0.717) is 11.6 Å². The first-order chi connectivity index (χ1) is 9.22. The molecule has 6 heteroatoms. The van der Waals surface area contributed by atoms with Crippen molar-refractivity contribution in [3.63, 3.8) is 0 Å². The Labute approximate surface area is 126 Å². The first kappa shape index (κ1) is 12.5. The molecule has 0 saturated carbocycles. The summed E-state index contributed by atoms with van der Waals surface area (Å²) in [6, 6.07) is 7.60. The predicted octanol–water partition coefficient (Wildman–Crippen LogP) is 4.34. The molecule has 0 N–H and O–H groups in total. The van der Waals surface area contributed by atoms with Gasteiger partial charge in [0.15, 0.2) is 0 Å². The molecular weight excluding hydrogens is 374 g/mol. The fourth-order valence-corrected chi connectivity index (χ4v) is 2.35. The van der Waals surface area contributed by atoms with Crippen LogP contribution in [0.15, 0.2) is 51.9 Å². The summed E-state index contributed by atoms with van der Waals surface area (Å²) in [6.07, 6.45) is 4.81. The third-order valence-electron chi connectivity index (χ3n) is 2.46. The fraction of sp³-hybridized carbons (Fsp3) is 0. The topological polar surface area (TPSA) is 47.9 Å². The van der Waals surface area contributed by atoms with Gasteiger partial charge in [0, 0.05) is 15.1 Å². The highest BCUT2D eigenvalue weighted by Crippen LogP contribution is 2.29. The second-order valence-corrected chi connectivity index (χ2v) is 5.61. The molecule has 2 aromatic heterocycles. The van der Waals surface area contributed by atoms with E-state index in [1.54, 1.807) is 12.4 Å². The molecule has 94 valence electrons. The number of aromatic nitrogens is 3. The molecule has 0 bridgehead atoms. The zero-order valence-corrected chi connectivity index (χ0v) is 12.7. The number of rotatable bonds is 2. The van der Waals surface area contributed by atoms with Gasteiger partial charge in [-0.25, -0.2) is 9.97 Å². The maximum Gasteiger partial charge on any atom is 0.230 e. The van der Waals surface area contributed by atoms with Crippen molar-refractivity contribution in [1.29, 1.82) is 0 Å². The Morgan fingerprint density at radius 2 is 1.84 bits per heavy atom. The van der Waals surface area contributed by atoms with Gasteiger partial charge in [0.1, 0.15) is 12.1 Å². The van der Waals surface area contributed by atoms with Crippen LogP contribution in [0.5, 0.6) is 11.6 Å². The molecule has 1 aromatic carbocycles. The Hall–Kier alpha value is -1.53. The Bertz CT molecular complexity index is 749. The van der Waals surface area contributed by atoms with Crippen LogP contribution < -0.4 is 4.74 Å². The second-order valence-electron chi connectivity index (χ2n) is 3.78. The summed E-state index contributed by atoms with van der Waals surface area (Å²) >= 11 is 6.79. The van der Waals surface area contributed by atoms with Crippen LogP contribution >= 0.6 is 31.9 Å². The smallest absolute Gasteiger partial charge is 0.230 e. The number of hydrogen-bond acceptors (Lipinski definition) is 4. The molecule has 3 aromatic rings. The number of benzene rings is 1. The summed E-state index contributed by atoms with van der Waals surface area (Å²) < 4.78 is 7.57. The van der Waals surface area contributed by atoms with E-state index >= 15 is 0 Å². The van der Waals surface area contributed by atoms with Crippen molar-refractivity contribution < 1.29 is 4.74 Å². The minimum absolute atomic E-state index is 0.506. The molecule has 19 heavy (non-hydrogen) atoms. The van der Waals surface area contributed by atoms with Gasteiger partial charge < -0.3 is 4.74 Å². The summed E-state index contributed by atoms with van der Waals surface area (Å²) in [5, 5.41) is 0.844. The van der Waals surface area contributed by atoms with Crippen molar-refractivity contribution in [3.8, 4) is 11.6 Å². The first-order valence-electron chi connectivity index (χ1n) is 5.41. The van der Waals surface area contributed by atoms with Crippen LogP contribution in [0.2, 0.25) is 0 Å². The van der Waals surface area contributed by atoms with Gasteiger partial charge in [-0.2, -0.15) is 0 Å². The normalized spacial score (nSPS) is 10.6. The summed E-state index contributed by atoms with van der Waals surface area (Å²) in [7, 11) is 0. The van der Waals surface area contributed by atoms with Crippen molar-refractivity contribution in [3.05, 3.63) is 51.9 Å². The lowest BCUT2D eigenvalue weighted by atomic mass is 10.2.